The van der Waals surface area contributed by atoms with Crippen molar-refractivity contribution in [3.8, 4) is 0 Å². The van der Waals surface area contributed by atoms with Gasteiger partial charge < -0.3 is 5.32 Å². The van der Waals surface area contributed by atoms with Gasteiger partial charge in [-0.1, -0.05) is 18.2 Å². The third-order valence-corrected chi connectivity index (χ3v) is 3.87. The smallest absolute Gasteiger partial charge is 0.132 e. The van der Waals surface area contributed by atoms with Gasteiger partial charge in [0.2, 0.25) is 0 Å². The second-order valence-corrected chi connectivity index (χ2v) is 5.36. The molecule has 0 atom stereocenters. The van der Waals surface area contributed by atoms with E-state index in [-0.39, 0.29) is 5.56 Å². The van der Waals surface area contributed by atoms with Crippen molar-refractivity contribution in [3.63, 3.8) is 0 Å². The molecule has 1 aliphatic heterocycles. The maximum Gasteiger partial charge on any atom is 0.132 e. The highest BCUT2D eigenvalue weighted by Gasteiger charge is 2.14. The van der Waals surface area contributed by atoms with Crippen LogP contribution in [0.5, 0.6) is 0 Å². The van der Waals surface area contributed by atoms with Gasteiger partial charge in [-0.05, 0) is 48.6 Å². The molecule has 0 aromatic heterocycles. The van der Waals surface area contributed by atoms with E-state index in [0.717, 1.165) is 30.6 Å². The van der Waals surface area contributed by atoms with Gasteiger partial charge in [-0.15, -0.1) is 0 Å². The first kappa shape index (κ1) is 13.1. The van der Waals surface area contributed by atoms with Crippen LogP contribution >= 0.6 is 0 Å². The fourth-order valence-corrected chi connectivity index (χ4v) is 2.72. The largest absolute Gasteiger partial charge is 0.385 e. The molecule has 0 radical (unpaired) electrons. The Morgan fingerprint density at radius 3 is 2.85 bits per heavy atom. The van der Waals surface area contributed by atoms with Crippen molar-refractivity contribution >= 4 is 5.69 Å². The molecular weight excluding hydrogens is 256 g/mol. The third-order valence-electron chi connectivity index (χ3n) is 3.87. The lowest BCUT2D eigenvalue weighted by molar-refractivity contribution is 0.555. The highest BCUT2D eigenvalue weighted by Crippen LogP contribution is 2.26. The molecule has 2 aromatic carbocycles. The Morgan fingerprint density at radius 1 is 1.15 bits per heavy atom. The minimum atomic E-state index is -0.469. The van der Waals surface area contributed by atoms with E-state index < -0.39 is 11.6 Å². The average Bonchev–Trinajstić information content (AvgIpc) is 2.47. The minimum absolute atomic E-state index is 0.161. The number of anilines is 1. The molecule has 0 fully saturated rings. The summed E-state index contributed by atoms with van der Waals surface area (Å²) in [5.74, 6) is -0.898. The van der Waals surface area contributed by atoms with Crippen LogP contribution in [0.4, 0.5) is 14.5 Å². The van der Waals surface area contributed by atoms with E-state index in [1.54, 1.807) is 6.92 Å². The van der Waals surface area contributed by atoms with Crippen molar-refractivity contribution in [2.75, 3.05) is 11.9 Å². The maximum absolute atomic E-state index is 14.0. The van der Waals surface area contributed by atoms with Crippen LogP contribution in [0, 0.1) is 18.6 Å². The fourth-order valence-electron chi connectivity index (χ4n) is 2.72. The van der Waals surface area contributed by atoms with Gasteiger partial charge >= 0.3 is 0 Å². The van der Waals surface area contributed by atoms with Gasteiger partial charge in [0.15, 0.2) is 0 Å². The predicted octanol–water partition coefficient (Wildman–Crippen LogP) is 4.22. The van der Waals surface area contributed by atoms with E-state index in [1.807, 2.05) is 12.1 Å². The first-order chi connectivity index (χ1) is 9.65. The topological polar surface area (TPSA) is 12.0 Å². The zero-order valence-corrected chi connectivity index (χ0v) is 11.5. The Kier molecular flexibility index (Phi) is 3.43. The summed E-state index contributed by atoms with van der Waals surface area (Å²) < 4.78 is 27.8. The number of aryl methyl sites for hydroxylation is 2. The quantitative estimate of drug-likeness (QED) is 0.863. The number of hydrogen-bond donors (Lipinski definition) is 1. The summed E-state index contributed by atoms with van der Waals surface area (Å²) in [6.45, 7) is 2.66. The van der Waals surface area contributed by atoms with Gasteiger partial charge in [0, 0.05) is 24.2 Å². The molecule has 104 valence electrons. The number of hydrogen-bond acceptors (Lipinski definition) is 1. The van der Waals surface area contributed by atoms with Crippen LogP contribution in [-0.4, -0.2) is 6.54 Å². The highest BCUT2D eigenvalue weighted by molar-refractivity contribution is 5.54. The van der Waals surface area contributed by atoms with Gasteiger partial charge in [-0.3, -0.25) is 0 Å². The van der Waals surface area contributed by atoms with Crippen LogP contribution in [0.25, 0.3) is 0 Å². The molecule has 0 amide bonds. The van der Waals surface area contributed by atoms with Gasteiger partial charge in [0.05, 0.1) is 0 Å². The molecule has 1 aliphatic rings. The second-order valence-electron chi connectivity index (χ2n) is 5.36. The third kappa shape index (κ3) is 2.40. The van der Waals surface area contributed by atoms with Crippen molar-refractivity contribution in [2.24, 2.45) is 0 Å². The van der Waals surface area contributed by atoms with Crippen LogP contribution in [0.3, 0.4) is 0 Å². The SMILES string of the molecule is Cc1ccc(F)c(Cc2ccc3c(c2)CCCN3)c1F. The Labute approximate surface area is 117 Å². The highest BCUT2D eigenvalue weighted by atomic mass is 19.1. The van der Waals surface area contributed by atoms with Gasteiger partial charge in [-0.25, -0.2) is 8.78 Å². The molecule has 0 bridgehead atoms. The van der Waals surface area contributed by atoms with Crippen molar-refractivity contribution in [2.45, 2.75) is 26.2 Å². The van der Waals surface area contributed by atoms with E-state index in [0.29, 0.717) is 12.0 Å². The number of benzene rings is 2. The summed E-state index contributed by atoms with van der Waals surface area (Å²) in [7, 11) is 0. The monoisotopic (exact) mass is 273 g/mol. The zero-order valence-electron chi connectivity index (χ0n) is 11.5. The van der Waals surface area contributed by atoms with Crippen LogP contribution in [0.2, 0.25) is 0 Å². The van der Waals surface area contributed by atoms with Crippen molar-refractivity contribution < 1.29 is 8.78 Å². The normalized spacial score (nSPS) is 13.8. The Balaban J connectivity index is 1.94. The molecule has 0 saturated carbocycles. The summed E-state index contributed by atoms with van der Waals surface area (Å²) in [6, 6.07) is 8.83. The molecule has 3 heteroatoms. The number of rotatable bonds is 2. The van der Waals surface area contributed by atoms with Crippen LogP contribution in [0.1, 0.15) is 28.7 Å². The lowest BCUT2D eigenvalue weighted by atomic mass is 9.96. The molecule has 3 rings (SSSR count). The fraction of sp³-hybridized carbons (Fsp3) is 0.294. The molecule has 0 unspecified atom stereocenters. The predicted molar refractivity (Wildman–Crippen MR) is 77.2 cm³/mol. The Morgan fingerprint density at radius 2 is 2.00 bits per heavy atom. The van der Waals surface area contributed by atoms with E-state index in [1.165, 1.54) is 17.7 Å². The lowest BCUT2D eigenvalue weighted by Gasteiger charge is -2.19. The zero-order chi connectivity index (χ0) is 14.1. The molecular formula is C17H17F2N. The Bertz CT molecular complexity index is 650. The van der Waals surface area contributed by atoms with Gasteiger partial charge in [-0.2, -0.15) is 0 Å². The average molecular weight is 273 g/mol. The van der Waals surface area contributed by atoms with Crippen molar-refractivity contribution in [1.82, 2.24) is 0 Å². The van der Waals surface area contributed by atoms with Gasteiger partial charge in [0.1, 0.15) is 11.6 Å². The van der Waals surface area contributed by atoms with Crippen molar-refractivity contribution in [1.29, 1.82) is 0 Å². The first-order valence-corrected chi connectivity index (χ1v) is 6.94. The van der Waals surface area contributed by atoms with E-state index >= 15 is 0 Å². The molecule has 2 aromatic rings. The minimum Gasteiger partial charge on any atom is -0.385 e. The molecule has 1 N–H and O–H groups in total. The summed E-state index contributed by atoms with van der Waals surface area (Å²) in [5, 5.41) is 3.34. The summed E-state index contributed by atoms with van der Waals surface area (Å²) >= 11 is 0. The Hall–Kier alpha value is -1.90. The molecule has 1 heterocycles. The summed E-state index contributed by atoms with van der Waals surface area (Å²) in [6.07, 6.45) is 2.42. The second kappa shape index (κ2) is 5.23. The van der Waals surface area contributed by atoms with Crippen LogP contribution in [0.15, 0.2) is 30.3 Å². The van der Waals surface area contributed by atoms with Gasteiger partial charge in [0.25, 0.3) is 0 Å². The molecule has 0 spiro atoms. The van der Waals surface area contributed by atoms with E-state index in [2.05, 4.69) is 11.4 Å². The lowest BCUT2D eigenvalue weighted by Crippen LogP contribution is -2.12. The van der Waals surface area contributed by atoms with Crippen molar-refractivity contribution in [3.05, 3.63) is 64.2 Å². The summed E-state index contributed by atoms with van der Waals surface area (Å²) in [4.78, 5) is 0. The summed E-state index contributed by atoms with van der Waals surface area (Å²) in [5.41, 5.74) is 3.98. The van der Waals surface area contributed by atoms with Crippen LogP contribution < -0.4 is 5.32 Å². The first-order valence-electron chi connectivity index (χ1n) is 6.94. The molecule has 0 saturated heterocycles. The maximum atomic E-state index is 14.0. The van der Waals surface area contributed by atoms with E-state index in [9.17, 15) is 8.78 Å². The molecule has 20 heavy (non-hydrogen) atoms. The molecule has 0 aliphatic carbocycles. The number of nitrogens with one attached hydrogen (secondary N) is 1. The standard InChI is InChI=1S/C17H17F2N/c1-11-4-6-15(18)14(17(11)19)10-12-5-7-16-13(9-12)3-2-8-20-16/h4-7,9,20H,2-3,8,10H2,1H3. The van der Waals surface area contributed by atoms with E-state index in [4.69, 9.17) is 0 Å². The number of fused-ring (bicyclic) bond motifs is 1. The number of halogens is 2. The van der Waals surface area contributed by atoms with Crippen LogP contribution in [-0.2, 0) is 12.8 Å². The molecule has 1 nitrogen and oxygen atoms in total.